The van der Waals surface area contributed by atoms with Gasteiger partial charge in [0.2, 0.25) is 0 Å². The fraction of sp³-hybridized carbons (Fsp3) is 0.0909. The molecule has 0 saturated heterocycles. The molecule has 2 nitrogen and oxygen atoms in total. The summed E-state index contributed by atoms with van der Waals surface area (Å²) in [4.78, 5) is 0. The van der Waals surface area contributed by atoms with Crippen LogP contribution in [0.3, 0.4) is 0 Å². The largest absolute Gasteiger partial charge is 0.464 e. The normalized spacial score (nSPS) is 11.6. The van der Waals surface area contributed by atoms with Crippen molar-refractivity contribution >= 4 is 17.0 Å². The Labute approximate surface area is 80.8 Å². The molecule has 2 aromatic rings. The molecule has 2 N–H and O–H groups in total. The maximum absolute atomic E-state index is 13.4. The average Bonchev–Trinajstić information content (AvgIpc) is 2.61. The quantitative estimate of drug-likeness (QED) is 0.792. The standard InChI is InChI=1S/C11H10FNO/c12-10-7-11-9(3-5-14-11)6-8(10)2-1-4-13/h1-3,5-7H,4,13H2/b2-1+. The SMILES string of the molecule is NC/C=C/c1cc2ccoc2cc1F. The van der Waals surface area contributed by atoms with Crippen molar-refractivity contribution in [3.8, 4) is 0 Å². The minimum atomic E-state index is -0.294. The maximum atomic E-state index is 13.4. The van der Waals surface area contributed by atoms with Crippen molar-refractivity contribution in [2.45, 2.75) is 0 Å². The lowest BCUT2D eigenvalue weighted by Crippen LogP contribution is -1.92. The first-order valence-corrected chi connectivity index (χ1v) is 4.34. The van der Waals surface area contributed by atoms with Crippen LogP contribution in [0.25, 0.3) is 17.0 Å². The molecular formula is C11H10FNO. The third-order valence-electron chi connectivity index (χ3n) is 2.01. The Morgan fingerprint density at radius 2 is 2.29 bits per heavy atom. The number of benzene rings is 1. The van der Waals surface area contributed by atoms with Crippen LogP contribution >= 0.6 is 0 Å². The van der Waals surface area contributed by atoms with Gasteiger partial charge in [0.1, 0.15) is 11.4 Å². The molecule has 1 heterocycles. The highest BCUT2D eigenvalue weighted by atomic mass is 19.1. The molecule has 14 heavy (non-hydrogen) atoms. The van der Waals surface area contributed by atoms with Gasteiger partial charge < -0.3 is 10.2 Å². The van der Waals surface area contributed by atoms with Crippen LogP contribution in [0.15, 0.2) is 35.0 Å². The minimum Gasteiger partial charge on any atom is -0.464 e. The topological polar surface area (TPSA) is 39.2 Å². The van der Waals surface area contributed by atoms with Crippen molar-refractivity contribution in [1.82, 2.24) is 0 Å². The van der Waals surface area contributed by atoms with Crippen molar-refractivity contribution in [2.75, 3.05) is 6.54 Å². The third-order valence-corrected chi connectivity index (χ3v) is 2.01. The summed E-state index contributed by atoms with van der Waals surface area (Å²) in [6.07, 6.45) is 4.92. The van der Waals surface area contributed by atoms with Crippen molar-refractivity contribution < 1.29 is 8.81 Å². The second-order valence-electron chi connectivity index (χ2n) is 2.97. The molecule has 0 aliphatic heterocycles. The van der Waals surface area contributed by atoms with E-state index in [1.807, 2.05) is 0 Å². The molecule has 1 aromatic heterocycles. The molecule has 1 aromatic carbocycles. The highest BCUT2D eigenvalue weighted by Crippen LogP contribution is 2.20. The van der Waals surface area contributed by atoms with E-state index >= 15 is 0 Å². The Hall–Kier alpha value is -1.61. The number of furan rings is 1. The molecule has 0 radical (unpaired) electrons. The van der Waals surface area contributed by atoms with Crippen molar-refractivity contribution in [2.24, 2.45) is 5.73 Å². The molecule has 0 bridgehead atoms. The lowest BCUT2D eigenvalue weighted by atomic mass is 10.1. The Bertz CT molecular complexity index is 473. The minimum absolute atomic E-state index is 0.294. The molecule has 0 atom stereocenters. The van der Waals surface area contributed by atoms with E-state index in [4.69, 9.17) is 10.2 Å². The Morgan fingerprint density at radius 1 is 1.43 bits per heavy atom. The first kappa shape index (κ1) is 8.97. The molecule has 0 unspecified atom stereocenters. The highest BCUT2D eigenvalue weighted by Gasteiger charge is 2.03. The second-order valence-corrected chi connectivity index (χ2v) is 2.97. The van der Waals surface area contributed by atoms with Crippen LogP contribution in [0.5, 0.6) is 0 Å². The second kappa shape index (κ2) is 3.64. The molecule has 0 aliphatic rings. The number of fused-ring (bicyclic) bond motifs is 1. The van der Waals surface area contributed by atoms with Gasteiger partial charge in [-0.2, -0.15) is 0 Å². The summed E-state index contributed by atoms with van der Waals surface area (Å²) in [6.45, 7) is 0.406. The van der Waals surface area contributed by atoms with Gasteiger partial charge in [-0.05, 0) is 12.1 Å². The molecule has 72 valence electrons. The lowest BCUT2D eigenvalue weighted by molar-refractivity contribution is 0.597. The number of nitrogens with two attached hydrogens (primary N) is 1. The first-order valence-electron chi connectivity index (χ1n) is 4.34. The fourth-order valence-electron chi connectivity index (χ4n) is 1.33. The van der Waals surface area contributed by atoms with Crippen LogP contribution < -0.4 is 5.73 Å². The van der Waals surface area contributed by atoms with Gasteiger partial charge in [-0.15, -0.1) is 0 Å². The third kappa shape index (κ3) is 1.54. The zero-order chi connectivity index (χ0) is 9.97. The van der Waals surface area contributed by atoms with E-state index < -0.39 is 0 Å². The fourth-order valence-corrected chi connectivity index (χ4v) is 1.33. The van der Waals surface area contributed by atoms with E-state index in [0.29, 0.717) is 17.7 Å². The monoisotopic (exact) mass is 191 g/mol. The van der Waals surface area contributed by atoms with Crippen molar-refractivity contribution in [3.05, 3.63) is 41.9 Å². The smallest absolute Gasteiger partial charge is 0.136 e. The zero-order valence-electron chi connectivity index (χ0n) is 7.53. The molecule has 0 spiro atoms. The molecule has 0 saturated carbocycles. The highest BCUT2D eigenvalue weighted by molar-refractivity contribution is 5.80. The predicted molar refractivity (Wildman–Crippen MR) is 54.3 cm³/mol. The predicted octanol–water partition coefficient (Wildman–Crippen LogP) is 2.54. The van der Waals surface area contributed by atoms with Gasteiger partial charge in [0.05, 0.1) is 6.26 Å². The van der Waals surface area contributed by atoms with Crippen LogP contribution in [0.1, 0.15) is 5.56 Å². The van der Waals surface area contributed by atoms with Crippen LogP contribution in [0.2, 0.25) is 0 Å². The molecular weight excluding hydrogens is 181 g/mol. The Balaban J connectivity index is 2.53. The van der Waals surface area contributed by atoms with Crippen LogP contribution in [-0.4, -0.2) is 6.54 Å². The zero-order valence-corrected chi connectivity index (χ0v) is 7.53. The summed E-state index contributed by atoms with van der Waals surface area (Å²) in [5, 5.41) is 0.892. The molecule has 0 amide bonds. The molecule has 2 rings (SSSR count). The number of halogens is 1. The van der Waals surface area contributed by atoms with E-state index in [1.54, 1.807) is 30.5 Å². The van der Waals surface area contributed by atoms with Gasteiger partial charge >= 0.3 is 0 Å². The van der Waals surface area contributed by atoms with Gasteiger partial charge in [0.25, 0.3) is 0 Å². The maximum Gasteiger partial charge on any atom is 0.136 e. The Kier molecular flexibility index (Phi) is 2.33. The molecule has 0 fully saturated rings. The van der Waals surface area contributed by atoms with E-state index in [1.165, 1.54) is 6.07 Å². The van der Waals surface area contributed by atoms with Crippen LogP contribution in [0, 0.1) is 5.82 Å². The summed E-state index contributed by atoms with van der Waals surface area (Å²) in [5.74, 6) is -0.294. The molecule has 3 heteroatoms. The van der Waals surface area contributed by atoms with Gasteiger partial charge in [0.15, 0.2) is 0 Å². The van der Waals surface area contributed by atoms with E-state index in [9.17, 15) is 4.39 Å². The van der Waals surface area contributed by atoms with E-state index in [0.717, 1.165) is 5.39 Å². The van der Waals surface area contributed by atoms with Crippen molar-refractivity contribution in [3.63, 3.8) is 0 Å². The molecule has 0 aliphatic carbocycles. The Morgan fingerprint density at radius 3 is 3.07 bits per heavy atom. The number of hydrogen-bond donors (Lipinski definition) is 1. The van der Waals surface area contributed by atoms with Gasteiger partial charge in [-0.25, -0.2) is 4.39 Å². The summed E-state index contributed by atoms with van der Waals surface area (Å²) >= 11 is 0. The number of hydrogen-bond acceptors (Lipinski definition) is 2. The van der Waals surface area contributed by atoms with Crippen LogP contribution in [-0.2, 0) is 0 Å². The first-order chi connectivity index (χ1) is 6.81. The number of rotatable bonds is 2. The summed E-state index contributed by atoms with van der Waals surface area (Å²) in [7, 11) is 0. The summed E-state index contributed by atoms with van der Waals surface area (Å²) in [5.41, 5.74) is 6.39. The summed E-state index contributed by atoms with van der Waals surface area (Å²) in [6, 6.07) is 4.92. The van der Waals surface area contributed by atoms with E-state index in [2.05, 4.69) is 0 Å². The lowest BCUT2D eigenvalue weighted by Gasteiger charge is -1.96. The van der Waals surface area contributed by atoms with Crippen molar-refractivity contribution in [1.29, 1.82) is 0 Å². The summed E-state index contributed by atoms with van der Waals surface area (Å²) < 4.78 is 18.4. The van der Waals surface area contributed by atoms with E-state index in [-0.39, 0.29) is 5.82 Å². The van der Waals surface area contributed by atoms with Gasteiger partial charge in [0, 0.05) is 23.6 Å². The van der Waals surface area contributed by atoms with Gasteiger partial charge in [-0.1, -0.05) is 12.2 Å². The average molecular weight is 191 g/mol. The van der Waals surface area contributed by atoms with Crippen LogP contribution in [0.4, 0.5) is 4.39 Å². The van der Waals surface area contributed by atoms with Gasteiger partial charge in [-0.3, -0.25) is 0 Å².